The second-order valence-electron chi connectivity index (χ2n) is 3.86. The molecule has 2 heterocycles. The predicted molar refractivity (Wildman–Crippen MR) is 73.6 cm³/mol. The number of aromatic nitrogens is 4. The van der Waals surface area contributed by atoms with Crippen LogP contribution in [0.2, 0.25) is 0 Å². The molecule has 0 saturated carbocycles. The fourth-order valence-corrected chi connectivity index (χ4v) is 1.97. The zero-order chi connectivity index (χ0) is 13.4. The minimum atomic E-state index is -0.298. The molecule has 0 spiro atoms. The highest BCUT2D eigenvalue weighted by Crippen LogP contribution is 2.19. The molecule has 0 bridgehead atoms. The number of imidazole rings is 1. The normalized spacial score (nSPS) is 10.8. The Labute approximate surface area is 116 Å². The van der Waals surface area contributed by atoms with Crippen molar-refractivity contribution in [2.75, 3.05) is 5.73 Å². The van der Waals surface area contributed by atoms with Gasteiger partial charge in [0.15, 0.2) is 0 Å². The maximum absolute atomic E-state index is 12.3. The average Bonchev–Trinajstić information content (AvgIpc) is 2.84. The molecule has 0 aliphatic rings. The van der Waals surface area contributed by atoms with Crippen molar-refractivity contribution in [2.45, 2.75) is 0 Å². The first-order chi connectivity index (χ1) is 9.16. The molecule has 0 aliphatic carbocycles. The monoisotopic (exact) mass is 317 g/mol. The number of fused-ring (bicyclic) bond motifs is 1. The van der Waals surface area contributed by atoms with Gasteiger partial charge in [0.05, 0.1) is 23.6 Å². The first kappa shape index (κ1) is 11.8. The van der Waals surface area contributed by atoms with Crippen LogP contribution in [-0.4, -0.2) is 25.4 Å². The van der Waals surface area contributed by atoms with Crippen molar-refractivity contribution in [1.29, 1.82) is 0 Å². The van der Waals surface area contributed by atoms with Crippen LogP contribution in [-0.2, 0) is 0 Å². The van der Waals surface area contributed by atoms with Crippen molar-refractivity contribution in [3.8, 4) is 0 Å². The molecule has 0 unspecified atom stereocenters. The summed E-state index contributed by atoms with van der Waals surface area (Å²) in [6.07, 6.45) is 4.32. The first-order valence-corrected chi connectivity index (χ1v) is 6.20. The molecule has 3 aromatic rings. The highest BCUT2D eigenvalue weighted by molar-refractivity contribution is 9.10. The Bertz CT molecular complexity index is 765. The SMILES string of the molecule is Nc1cccc2c1ncn2C(=O)c1cnc(Br)cn1. The van der Waals surface area contributed by atoms with Gasteiger partial charge in [-0.15, -0.1) is 0 Å². The molecule has 19 heavy (non-hydrogen) atoms. The standard InChI is InChI=1S/C12H8BrN5O/c13-10-5-15-8(4-16-10)12(19)18-6-17-11-7(14)2-1-3-9(11)18/h1-6H,14H2. The van der Waals surface area contributed by atoms with E-state index in [2.05, 4.69) is 30.9 Å². The van der Waals surface area contributed by atoms with Gasteiger partial charge < -0.3 is 5.73 Å². The van der Waals surface area contributed by atoms with E-state index in [1.807, 2.05) is 0 Å². The molecule has 94 valence electrons. The highest BCUT2D eigenvalue weighted by atomic mass is 79.9. The lowest BCUT2D eigenvalue weighted by Crippen LogP contribution is -2.12. The van der Waals surface area contributed by atoms with Crippen molar-refractivity contribution in [3.63, 3.8) is 0 Å². The molecule has 6 nitrogen and oxygen atoms in total. The Hall–Kier alpha value is -2.28. The number of carbonyl (C=O) groups excluding carboxylic acids is 1. The molecule has 7 heteroatoms. The fraction of sp³-hybridized carbons (Fsp3) is 0. The molecule has 0 aliphatic heterocycles. The lowest BCUT2D eigenvalue weighted by Gasteiger charge is -2.02. The summed E-state index contributed by atoms with van der Waals surface area (Å²) in [5.74, 6) is -0.298. The van der Waals surface area contributed by atoms with E-state index in [-0.39, 0.29) is 11.6 Å². The van der Waals surface area contributed by atoms with E-state index >= 15 is 0 Å². The van der Waals surface area contributed by atoms with E-state index in [0.29, 0.717) is 21.3 Å². The fourth-order valence-electron chi connectivity index (χ4n) is 1.77. The molecular formula is C12H8BrN5O. The third kappa shape index (κ3) is 1.97. The van der Waals surface area contributed by atoms with Crippen LogP contribution < -0.4 is 5.73 Å². The average molecular weight is 318 g/mol. The maximum atomic E-state index is 12.3. The topological polar surface area (TPSA) is 86.7 Å². The zero-order valence-electron chi connectivity index (χ0n) is 9.62. The third-order valence-electron chi connectivity index (χ3n) is 2.67. The van der Waals surface area contributed by atoms with Gasteiger partial charge in [0.1, 0.15) is 22.1 Å². The predicted octanol–water partition coefficient (Wildman–Crippen LogP) is 1.86. The van der Waals surface area contributed by atoms with Crippen molar-refractivity contribution in [3.05, 3.63) is 47.2 Å². The number of nitrogens with two attached hydrogens (primary N) is 1. The maximum Gasteiger partial charge on any atom is 0.283 e. The number of nitrogens with zero attached hydrogens (tertiary/aromatic N) is 4. The van der Waals surface area contributed by atoms with Gasteiger partial charge >= 0.3 is 0 Å². The Morgan fingerprint density at radius 2 is 2.05 bits per heavy atom. The summed E-state index contributed by atoms with van der Waals surface area (Å²) in [4.78, 5) is 24.5. The zero-order valence-corrected chi connectivity index (χ0v) is 11.2. The van der Waals surface area contributed by atoms with Crippen LogP contribution in [0.1, 0.15) is 10.5 Å². The van der Waals surface area contributed by atoms with Crippen LogP contribution in [0.25, 0.3) is 11.0 Å². The van der Waals surface area contributed by atoms with E-state index in [0.717, 1.165) is 0 Å². The molecule has 0 fully saturated rings. The van der Waals surface area contributed by atoms with Gasteiger partial charge in [0.2, 0.25) is 0 Å². The van der Waals surface area contributed by atoms with Crippen LogP contribution in [0.5, 0.6) is 0 Å². The number of benzene rings is 1. The molecule has 3 rings (SSSR count). The second kappa shape index (κ2) is 4.43. The van der Waals surface area contributed by atoms with E-state index in [9.17, 15) is 4.79 Å². The van der Waals surface area contributed by atoms with Crippen molar-refractivity contribution < 1.29 is 4.79 Å². The largest absolute Gasteiger partial charge is 0.397 e. The molecular weight excluding hydrogens is 310 g/mol. The Balaban J connectivity index is 2.12. The number of hydrogen-bond donors (Lipinski definition) is 1. The summed E-state index contributed by atoms with van der Waals surface area (Å²) in [5, 5.41) is 0. The second-order valence-corrected chi connectivity index (χ2v) is 4.67. The number of hydrogen-bond acceptors (Lipinski definition) is 5. The van der Waals surface area contributed by atoms with E-state index in [1.165, 1.54) is 23.3 Å². The minimum Gasteiger partial charge on any atom is -0.397 e. The van der Waals surface area contributed by atoms with Gasteiger partial charge in [-0.05, 0) is 28.1 Å². The molecule has 0 saturated heterocycles. The van der Waals surface area contributed by atoms with Gasteiger partial charge in [-0.1, -0.05) is 6.07 Å². The summed E-state index contributed by atoms with van der Waals surface area (Å²) >= 11 is 3.17. The number of rotatable bonds is 1. The van der Waals surface area contributed by atoms with Gasteiger partial charge in [-0.3, -0.25) is 9.36 Å². The van der Waals surface area contributed by atoms with Gasteiger partial charge in [0, 0.05) is 0 Å². The summed E-state index contributed by atoms with van der Waals surface area (Å²) in [5.41, 5.74) is 7.83. The van der Waals surface area contributed by atoms with Crippen molar-refractivity contribution in [2.24, 2.45) is 0 Å². The lowest BCUT2D eigenvalue weighted by molar-refractivity contribution is 0.0959. The summed E-state index contributed by atoms with van der Waals surface area (Å²) in [6.45, 7) is 0. The smallest absolute Gasteiger partial charge is 0.283 e. The molecule has 0 amide bonds. The molecule has 0 radical (unpaired) electrons. The van der Waals surface area contributed by atoms with Crippen LogP contribution in [0.3, 0.4) is 0 Å². The molecule has 1 aromatic carbocycles. The summed E-state index contributed by atoms with van der Waals surface area (Å²) in [6, 6.07) is 5.29. The number of nitrogen functional groups attached to an aromatic ring is 1. The number of carbonyl (C=O) groups is 1. The quantitative estimate of drug-likeness (QED) is 0.692. The third-order valence-corrected chi connectivity index (χ3v) is 3.08. The number of anilines is 1. The Morgan fingerprint density at radius 1 is 1.21 bits per heavy atom. The molecule has 0 atom stereocenters. The van der Waals surface area contributed by atoms with Crippen LogP contribution >= 0.6 is 15.9 Å². The van der Waals surface area contributed by atoms with Crippen LogP contribution in [0.15, 0.2) is 41.5 Å². The van der Waals surface area contributed by atoms with Gasteiger partial charge in [-0.2, -0.15) is 0 Å². The summed E-state index contributed by atoms with van der Waals surface area (Å²) < 4.78 is 1.98. The van der Waals surface area contributed by atoms with Crippen molar-refractivity contribution >= 4 is 38.6 Å². The number of halogens is 1. The van der Waals surface area contributed by atoms with Crippen LogP contribution in [0, 0.1) is 0 Å². The van der Waals surface area contributed by atoms with Crippen molar-refractivity contribution in [1.82, 2.24) is 19.5 Å². The van der Waals surface area contributed by atoms with Crippen LogP contribution in [0.4, 0.5) is 5.69 Å². The van der Waals surface area contributed by atoms with Gasteiger partial charge in [0.25, 0.3) is 5.91 Å². The molecule has 2 aromatic heterocycles. The number of para-hydroxylation sites is 1. The minimum absolute atomic E-state index is 0.241. The van der Waals surface area contributed by atoms with E-state index < -0.39 is 0 Å². The van der Waals surface area contributed by atoms with E-state index in [1.54, 1.807) is 18.2 Å². The molecule has 2 N–H and O–H groups in total. The Morgan fingerprint density at radius 3 is 2.79 bits per heavy atom. The first-order valence-electron chi connectivity index (χ1n) is 5.40. The highest BCUT2D eigenvalue weighted by Gasteiger charge is 2.14. The summed E-state index contributed by atoms with van der Waals surface area (Å²) in [7, 11) is 0. The van der Waals surface area contributed by atoms with Gasteiger partial charge in [-0.25, -0.2) is 15.0 Å². The Kier molecular flexibility index (Phi) is 2.75. The lowest BCUT2D eigenvalue weighted by atomic mass is 10.2. The van der Waals surface area contributed by atoms with E-state index in [4.69, 9.17) is 5.73 Å².